The number of benzene rings is 2. The summed E-state index contributed by atoms with van der Waals surface area (Å²) in [6.45, 7) is 0.131. The van der Waals surface area contributed by atoms with Crippen molar-refractivity contribution >= 4 is 17.8 Å². The van der Waals surface area contributed by atoms with Crippen molar-refractivity contribution in [2.75, 3.05) is 26.7 Å². The van der Waals surface area contributed by atoms with Crippen LogP contribution < -0.4 is 15.4 Å². The number of nitrogens with zero attached hydrogens (tertiary/aromatic N) is 1. The molecule has 1 aliphatic rings. The summed E-state index contributed by atoms with van der Waals surface area (Å²) >= 11 is 0. The molecule has 1 heterocycles. The summed E-state index contributed by atoms with van der Waals surface area (Å²) in [4.78, 5) is 35.7. The molecule has 0 unspecified atom stereocenters. The Morgan fingerprint density at radius 2 is 1.93 bits per heavy atom. The summed E-state index contributed by atoms with van der Waals surface area (Å²) in [5.41, 5.74) is 3.24. The maximum atomic E-state index is 11.9. The molecule has 0 atom stereocenters. The highest BCUT2D eigenvalue weighted by molar-refractivity contribution is 6.04. The van der Waals surface area contributed by atoms with Gasteiger partial charge in [-0.15, -0.1) is 0 Å². The molecule has 1 saturated heterocycles. The van der Waals surface area contributed by atoms with Crippen LogP contribution in [0.3, 0.4) is 0 Å². The normalized spacial score (nSPS) is 13.4. The second-order valence-electron chi connectivity index (χ2n) is 6.17. The van der Waals surface area contributed by atoms with E-state index in [-0.39, 0.29) is 24.9 Å². The van der Waals surface area contributed by atoms with Gasteiger partial charge in [-0.05, 0) is 35.2 Å². The Hall–Kier alpha value is -3.35. The average Bonchev–Trinajstić information content (AvgIpc) is 3.00. The predicted octanol–water partition coefficient (Wildman–Crippen LogP) is 1.57. The van der Waals surface area contributed by atoms with Crippen LogP contribution in [0.1, 0.15) is 5.56 Å². The van der Waals surface area contributed by atoms with Gasteiger partial charge < -0.3 is 15.4 Å². The minimum absolute atomic E-state index is 0.0499. The Kier molecular flexibility index (Phi) is 5.71. The summed E-state index contributed by atoms with van der Waals surface area (Å²) < 4.78 is 5.25. The van der Waals surface area contributed by atoms with Crippen molar-refractivity contribution in [3.8, 4) is 16.9 Å². The molecular weight excluding hydrogens is 346 g/mol. The highest BCUT2D eigenvalue weighted by Crippen LogP contribution is 2.24. The van der Waals surface area contributed by atoms with Crippen molar-refractivity contribution in [2.45, 2.75) is 6.42 Å². The predicted molar refractivity (Wildman–Crippen MR) is 100 cm³/mol. The lowest BCUT2D eigenvalue weighted by Gasteiger charge is -2.12. The summed E-state index contributed by atoms with van der Waals surface area (Å²) in [6, 6.07) is 15.4. The molecule has 7 nitrogen and oxygen atoms in total. The zero-order valence-corrected chi connectivity index (χ0v) is 15.0. The summed E-state index contributed by atoms with van der Waals surface area (Å²) in [5.74, 6) is 0.0705. The lowest BCUT2D eigenvalue weighted by Crippen LogP contribution is -2.41. The van der Waals surface area contributed by atoms with Crippen molar-refractivity contribution < 1.29 is 19.1 Å². The minimum Gasteiger partial charge on any atom is -0.497 e. The smallest absolute Gasteiger partial charge is 0.325 e. The molecule has 0 aliphatic carbocycles. The van der Waals surface area contributed by atoms with E-state index in [0.717, 1.165) is 27.3 Å². The number of ether oxygens (including phenoxy) is 1. The van der Waals surface area contributed by atoms with Gasteiger partial charge in [0.15, 0.2) is 0 Å². The third-order valence-corrected chi connectivity index (χ3v) is 4.33. The number of nitrogens with one attached hydrogen (secondary N) is 2. The maximum Gasteiger partial charge on any atom is 0.325 e. The number of rotatable bonds is 7. The molecule has 7 heteroatoms. The number of imide groups is 1. The van der Waals surface area contributed by atoms with Gasteiger partial charge >= 0.3 is 6.03 Å². The molecule has 140 valence electrons. The first-order chi connectivity index (χ1) is 13.1. The Morgan fingerprint density at radius 1 is 1.15 bits per heavy atom. The third-order valence-electron chi connectivity index (χ3n) is 4.33. The zero-order chi connectivity index (χ0) is 19.2. The summed E-state index contributed by atoms with van der Waals surface area (Å²) in [5, 5.41) is 5.11. The van der Waals surface area contributed by atoms with Crippen molar-refractivity contribution in [1.29, 1.82) is 0 Å². The van der Waals surface area contributed by atoms with Gasteiger partial charge in [0.2, 0.25) is 5.91 Å². The van der Waals surface area contributed by atoms with E-state index >= 15 is 0 Å². The van der Waals surface area contributed by atoms with Crippen LogP contribution >= 0.6 is 0 Å². The molecule has 0 bridgehead atoms. The van der Waals surface area contributed by atoms with E-state index in [0.29, 0.717) is 13.0 Å². The van der Waals surface area contributed by atoms with Crippen LogP contribution in [0.2, 0.25) is 0 Å². The van der Waals surface area contributed by atoms with E-state index < -0.39 is 6.03 Å². The standard InChI is InChI=1S/C20H21N3O4/c1-27-17-4-2-3-16(11-17)15-7-5-14(6-8-15)9-10-21-18(24)13-23-19(25)12-22-20(23)26/h2-8,11H,9-10,12-13H2,1H3,(H,21,24)(H,22,26). The first-order valence-corrected chi connectivity index (χ1v) is 8.65. The molecule has 0 radical (unpaired) electrons. The number of urea groups is 1. The van der Waals surface area contributed by atoms with Gasteiger partial charge in [0.1, 0.15) is 12.3 Å². The molecule has 2 N–H and O–H groups in total. The number of hydrogen-bond donors (Lipinski definition) is 2. The fraction of sp³-hybridized carbons (Fsp3) is 0.250. The molecule has 1 aliphatic heterocycles. The fourth-order valence-corrected chi connectivity index (χ4v) is 2.83. The quantitative estimate of drug-likeness (QED) is 0.727. The molecule has 4 amide bonds. The van der Waals surface area contributed by atoms with Crippen molar-refractivity contribution in [3.63, 3.8) is 0 Å². The van der Waals surface area contributed by atoms with Gasteiger partial charge in [-0.2, -0.15) is 0 Å². The Morgan fingerprint density at radius 3 is 2.59 bits per heavy atom. The molecule has 0 saturated carbocycles. The van der Waals surface area contributed by atoms with E-state index in [1.807, 2.05) is 48.5 Å². The van der Waals surface area contributed by atoms with Gasteiger partial charge in [-0.25, -0.2) is 4.79 Å². The van der Waals surface area contributed by atoms with Crippen LogP contribution in [0.15, 0.2) is 48.5 Å². The van der Waals surface area contributed by atoms with Crippen molar-refractivity contribution in [3.05, 3.63) is 54.1 Å². The second-order valence-corrected chi connectivity index (χ2v) is 6.17. The van der Waals surface area contributed by atoms with Crippen molar-refractivity contribution in [1.82, 2.24) is 15.5 Å². The highest BCUT2D eigenvalue weighted by atomic mass is 16.5. The first-order valence-electron chi connectivity index (χ1n) is 8.65. The van der Waals surface area contributed by atoms with Gasteiger partial charge in [0, 0.05) is 6.54 Å². The lowest BCUT2D eigenvalue weighted by atomic mass is 10.0. The second kappa shape index (κ2) is 8.35. The Labute approximate surface area is 157 Å². The molecule has 0 aromatic heterocycles. The number of hydrogen-bond acceptors (Lipinski definition) is 4. The Bertz CT molecular complexity index is 833. The SMILES string of the molecule is COc1cccc(-c2ccc(CCNC(=O)CN3C(=O)CNC3=O)cc2)c1. The zero-order valence-electron chi connectivity index (χ0n) is 15.0. The maximum absolute atomic E-state index is 11.9. The summed E-state index contributed by atoms with van der Waals surface area (Å²) in [6.07, 6.45) is 0.657. The molecule has 2 aromatic carbocycles. The minimum atomic E-state index is -0.525. The highest BCUT2D eigenvalue weighted by Gasteiger charge is 2.29. The fourth-order valence-electron chi connectivity index (χ4n) is 2.83. The van der Waals surface area contributed by atoms with E-state index in [2.05, 4.69) is 10.6 Å². The molecule has 2 aromatic rings. The molecule has 0 spiro atoms. The van der Waals surface area contributed by atoms with Crippen LogP contribution in [0.4, 0.5) is 4.79 Å². The van der Waals surface area contributed by atoms with Crippen LogP contribution in [0, 0.1) is 0 Å². The topological polar surface area (TPSA) is 87.7 Å². The van der Waals surface area contributed by atoms with E-state index in [1.165, 1.54) is 0 Å². The number of carbonyl (C=O) groups excluding carboxylic acids is 3. The molecule has 27 heavy (non-hydrogen) atoms. The van der Waals surface area contributed by atoms with Crippen LogP contribution in [-0.2, 0) is 16.0 Å². The summed E-state index contributed by atoms with van der Waals surface area (Å²) in [7, 11) is 1.64. The number of methoxy groups -OCH3 is 1. The van der Waals surface area contributed by atoms with Crippen LogP contribution in [-0.4, -0.2) is 49.5 Å². The van der Waals surface area contributed by atoms with Crippen LogP contribution in [0.5, 0.6) is 5.75 Å². The largest absolute Gasteiger partial charge is 0.497 e. The van der Waals surface area contributed by atoms with Gasteiger partial charge in [-0.1, -0.05) is 36.4 Å². The van der Waals surface area contributed by atoms with E-state index in [1.54, 1.807) is 7.11 Å². The van der Waals surface area contributed by atoms with Gasteiger partial charge in [0.05, 0.1) is 13.7 Å². The molecule has 1 fully saturated rings. The van der Waals surface area contributed by atoms with E-state index in [4.69, 9.17) is 4.74 Å². The Balaban J connectivity index is 1.49. The van der Waals surface area contributed by atoms with Crippen molar-refractivity contribution in [2.24, 2.45) is 0 Å². The van der Waals surface area contributed by atoms with Gasteiger partial charge in [-0.3, -0.25) is 14.5 Å². The molecular formula is C20H21N3O4. The first kappa shape index (κ1) is 18.4. The van der Waals surface area contributed by atoms with Gasteiger partial charge in [0.25, 0.3) is 5.91 Å². The average molecular weight is 367 g/mol. The molecule has 3 rings (SSSR count). The van der Waals surface area contributed by atoms with Crippen LogP contribution in [0.25, 0.3) is 11.1 Å². The lowest BCUT2D eigenvalue weighted by molar-refractivity contribution is -0.130. The third kappa shape index (κ3) is 4.63. The number of carbonyl (C=O) groups is 3. The monoisotopic (exact) mass is 367 g/mol. The number of amides is 4. The van der Waals surface area contributed by atoms with E-state index in [9.17, 15) is 14.4 Å².